The maximum Gasteiger partial charge on any atom is 0.307 e. The Morgan fingerprint density at radius 3 is 2.68 bits per heavy atom. The number of rotatable bonds is 8. The Bertz CT molecular complexity index is 719. The van der Waals surface area contributed by atoms with Gasteiger partial charge in [0.15, 0.2) is 0 Å². The molecule has 0 N–H and O–H groups in total. The van der Waals surface area contributed by atoms with Crippen LogP contribution in [0.1, 0.15) is 16.8 Å². The average molecular weight is 349 g/mol. The van der Waals surface area contributed by atoms with Crippen LogP contribution in [0, 0.1) is 5.82 Å². The third-order valence-electron chi connectivity index (χ3n) is 3.61. The lowest BCUT2D eigenvalue weighted by molar-refractivity contribution is -0.140. The maximum atomic E-state index is 14.3. The van der Waals surface area contributed by atoms with Gasteiger partial charge in [-0.25, -0.2) is 9.07 Å². The van der Waals surface area contributed by atoms with E-state index in [-0.39, 0.29) is 36.7 Å². The minimum absolute atomic E-state index is 0.0554. The number of nitrogens with zero attached hydrogens (tertiary/aromatic N) is 3. The van der Waals surface area contributed by atoms with E-state index in [9.17, 15) is 14.0 Å². The number of methoxy groups -OCH3 is 2. The van der Waals surface area contributed by atoms with Gasteiger partial charge in [-0.1, -0.05) is 0 Å². The summed E-state index contributed by atoms with van der Waals surface area (Å²) in [5.41, 5.74) is 0.439. The first-order valence-electron chi connectivity index (χ1n) is 7.71. The van der Waals surface area contributed by atoms with Gasteiger partial charge in [0.1, 0.15) is 11.5 Å². The molecule has 1 amide bonds. The summed E-state index contributed by atoms with van der Waals surface area (Å²) in [6, 6.07) is 5.86. The van der Waals surface area contributed by atoms with Gasteiger partial charge in [-0.2, -0.15) is 5.10 Å². The number of benzene rings is 1. The molecule has 0 spiro atoms. The van der Waals surface area contributed by atoms with Crippen molar-refractivity contribution in [2.45, 2.75) is 6.42 Å². The van der Waals surface area contributed by atoms with E-state index in [0.29, 0.717) is 6.61 Å². The number of hydrogen-bond donors (Lipinski definition) is 0. The Labute approximate surface area is 144 Å². The molecule has 0 unspecified atom stereocenters. The number of hydrogen-bond acceptors (Lipinski definition) is 5. The minimum atomic E-state index is -0.561. The predicted molar refractivity (Wildman–Crippen MR) is 87.9 cm³/mol. The molecule has 2 aromatic rings. The fraction of sp³-hybridized carbons (Fsp3) is 0.353. The highest BCUT2D eigenvalue weighted by Gasteiger charge is 2.19. The Hall–Kier alpha value is -2.74. The normalized spacial score (nSPS) is 10.5. The first-order valence-corrected chi connectivity index (χ1v) is 7.71. The van der Waals surface area contributed by atoms with Gasteiger partial charge in [-0.05, 0) is 24.3 Å². The van der Waals surface area contributed by atoms with Crippen molar-refractivity contribution in [3.8, 4) is 5.69 Å². The number of carbonyl (C=O) groups is 2. The minimum Gasteiger partial charge on any atom is -0.469 e. The molecule has 25 heavy (non-hydrogen) atoms. The van der Waals surface area contributed by atoms with Crippen LogP contribution in [-0.2, 0) is 14.3 Å². The van der Waals surface area contributed by atoms with E-state index in [1.165, 1.54) is 42.1 Å². The Balaban J connectivity index is 2.16. The molecular weight excluding hydrogens is 329 g/mol. The van der Waals surface area contributed by atoms with E-state index in [1.54, 1.807) is 12.3 Å². The molecule has 1 heterocycles. The van der Waals surface area contributed by atoms with Crippen LogP contribution in [0.3, 0.4) is 0 Å². The van der Waals surface area contributed by atoms with Crippen molar-refractivity contribution in [2.24, 2.45) is 0 Å². The predicted octanol–water partition coefficient (Wildman–Crippen LogP) is 1.66. The van der Waals surface area contributed by atoms with Gasteiger partial charge in [-0.15, -0.1) is 0 Å². The zero-order chi connectivity index (χ0) is 18.2. The van der Waals surface area contributed by atoms with Crippen molar-refractivity contribution in [2.75, 3.05) is 33.9 Å². The van der Waals surface area contributed by atoms with Crippen molar-refractivity contribution in [1.82, 2.24) is 14.7 Å². The van der Waals surface area contributed by atoms with Gasteiger partial charge in [0.25, 0.3) is 5.91 Å². The van der Waals surface area contributed by atoms with E-state index in [1.807, 2.05) is 0 Å². The van der Waals surface area contributed by atoms with E-state index >= 15 is 0 Å². The Morgan fingerprint density at radius 2 is 2.08 bits per heavy atom. The fourth-order valence-corrected chi connectivity index (χ4v) is 2.26. The van der Waals surface area contributed by atoms with Gasteiger partial charge in [-0.3, -0.25) is 9.59 Å². The van der Waals surface area contributed by atoms with Crippen molar-refractivity contribution in [3.63, 3.8) is 0 Å². The maximum absolute atomic E-state index is 14.3. The summed E-state index contributed by atoms with van der Waals surface area (Å²) in [7, 11) is 2.80. The monoisotopic (exact) mass is 349 g/mol. The summed E-state index contributed by atoms with van der Waals surface area (Å²) in [6.45, 7) is 0.757. The zero-order valence-corrected chi connectivity index (χ0v) is 14.1. The standard InChI is InChI=1S/C17H20FN3O4/c1-24-11-10-20(9-6-16(22)25-2)17(23)13-4-5-15(14(18)12-13)21-8-3-7-19-21/h3-5,7-8,12H,6,9-11H2,1-2H3. The van der Waals surface area contributed by atoms with Gasteiger partial charge in [0, 0.05) is 38.2 Å². The highest BCUT2D eigenvalue weighted by molar-refractivity contribution is 5.94. The van der Waals surface area contributed by atoms with Crippen molar-refractivity contribution >= 4 is 11.9 Å². The van der Waals surface area contributed by atoms with Crippen LogP contribution < -0.4 is 0 Å². The van der Waals surface area contributed by atoms with Crippen LogP contribution in [0.15, 0.2) is 36.7 Å². The van der Waals surface area contributed by atoms with E-state index in [4.69, 9.17) is 4.74 Å². The first kappa shape index (κ1) is 18.6. The summed E-state index contributed by atoms with van der Waals surface area (Å²) >= 11 is 0. The highest BCUT2D eigenvalue weighted by atomic mass is 19.1. The largest absolute Gasteiger partial charge is 0.469 e. The zero-order valence-electron chi connectivity index (χ0n) is 14.1. The van der Waals surface area contributed by atoms with Crippen LogP contribution in [0.2, 0.25) is 0 Å². The summed E-state index contributed by atoms with van der Waals surface area (Å²) in [6.07, 6.45) is 3.21. The van der Waals surface area contributed by atoms with Gasteiger partial charge in [0.05, 0.1) is 20.1 Å². The summed E-state index contributed by atoms with van der Waals surface area (Å²) in [5.74, 6) is -1.36. The number of aromatic nitrogens is 2. The topological polar surface area (TPSA) is 73.7 Å². The van der Waals surface area contributed by atoms with Crippen molar-refractivity contribution in [3.05, 3.63) is 48.0 Å². The lowest BCUT2D eigenvalue weighted by Crippen LogP contribution is -2.36. The van der Waals surface area contributed by atoms with E-state index in [0.717, 1.165) is 6.07 Å². The molecule has 0 aliphatic carbocycles. The number of carbonyl (C=O) groups excluding carboxylic acids is 2. The van der Waals surface area contributed by atoms with E-state index in [2.05, 4.69) is 9.84 Å². The summed E-state index contributed by atoms with van der Waals surface area (Å²) in [5, 5.41) is 3.97. The van der Waals surface area contributed by atoms with Crippen LogP contribution >= 0.6 is 0 Å². The lowest BCUT2D eigenvalue weighted by atomic mass is 10.1. The smallest absolute Gasteiger partial charge is 0.307 e. The molecule has 2 rings (SSSR count). The molecule has 0 saturated carbocycles. The Kier molecular flexibility index (Phi) is 6.64. The van der Waals surface area contributed by atoms with Gasteiger partial charge in [0.2, 0.25) is 0 Å². The number of ether oxygens (including phenoxy) is 2. The Morgan fingerprint density at radius 1 is 1.28 bits per heavy atom. The first-order chi connectivity index (χ1) is 12.1. The van der Waals surface area contributed by atoms with Crippen LogP contribution in [0.4, 0.5) is 4.39 Å². The molecular formula is C17H20FN3O4. The number of halogens is 1. The second-order valence-corrected chi connectivity index (χ2v) is 5.23. The third-order valence-corrected chi connectivity index (χ3v) is 3.61. The number of esters is 1. The molecule has 0 atom stereocenters. The molecule has 0 radical (unpaired) electrons. The molecule has 8 heteroatoms. The van der Waals surface area contributed by atoms with Crippen LogP contribution in [0.5, 0.6) is 0 Å². The molecule has 0 fully saturated rings. The van der Waals surface area contributed by atoms with Crippen molar-refractivity contribution < 1.29 is 23.5 Å². The molecule has 0 bridgehead atoms. The molecule has 0 aliphatic rings. The van der Waals surface area contributed by atoms with Crippen LogP contribution in [0.25, 0.3) is 5.69 Å². The molecule has 0 saturated heterocycles. The molecule has 1 aromatic heterocycles. The van der Waals surface area contributed by atoms with Gasteiger partial charge < -0.3 is 14.4 Å². The SMILES string of the molecule is COCCN(CCC(=O)OC)C(=O)c1ccc(-n2cccn2)c(F)c1. The van der Waals surface area contributed by atoms with E-state index < -0.39 is 11.8 Å². The molecule has 1 aromatic carbocycles. The fourth-order valence-electron chi connectivity index (χ4n) is 2.26. The molecule has 7 nitrogen and oxygen atoms in total. The number of amides is 1. The van der Waals surface area contributed by atoms with Gasteiger partial charge >= 0.3 is 5.97 Å². The average Bonchev–Trinajstić information content (AvgIpc) is 3.15. The quantitative estimate of drug-likeness (QED) is 0.678. The highest BCUT2D eigenvalue weighted by Crippen LogP contribution is 2.16. The summed E-state index contributed by atoms with van der Waals surface area (Å²) < 4.78 is 25.3. The second kappa shape index (κ2) is 8.93. The lowest BCUT2D eigenvalue weighted by Gasteiger charge is -2.22. The molecule has 0 aliphatic heterocycles. The third kappa shape index (κ3) is 4.87. The second-order valence-electron chi connectivity index (χ2n) is 5.23. The van der Waals surface area contributed by atoms with Crippen molar-refractivity contribution in [1.29, 1.82) is 0 Å². The summed E-state index contributed by atoms with van der Waals surface area (Å²) in [4.78, 5) is 25.4. The van der Waals surface area contributed by atoms with Crippen LogP contribution in [-0.4, -0.2) is 60.5 Å². The molecule has 134 valence electrons.